The number of amides is 2. The molecular weight excluding hydrogens is 326 g/mol. The van der Waals surface area contributed by atoms with E-state index in [2.05, 4.69) is 15.6 Å². The first-order valence-corrected chi connectivity index (χ1v) is 8.08. The summed E-state index contributed by atoms with van der Waals surface area (Å²) < 4.78 is 11.4. The van der Waals surface area contributed by atoms with Crippen molar-refractivity contribution in [2.75, 3.05) is 24.9 Å². The van der Waals surface area contributed by atoms with Crippen LogP contribution in [0.4, 0.5) is 15.6 Å². The van der Waals surface area contributed by atoms with E-state index in [-0.39, 0.29) is 6.03 Å². The Balaban J connectivity index is 1.78. The van der Waals surface area contributed by atoms with Crippen LogP contribution in [0.15, 0.2) is 36.4 Å². The Morgan fingerprint density at radius 3 is 2.54 bits per heavy atom. The third-order valence-corrected chi connectivity index (χ3v) is 4.32. The maximum absolute atomic E-state index is 12.1. The van der Waals surface area contributed by atoms with Gasteiger partial charge < -0.3 is 14.8 Å². The van der Waals surface area contributed by atoms with E-state index in [9.17, 15) is 4.79 Å². The number of anilines is 2. The molecule has 3 aromatic rings. The van der Waals surface area contributed by atoms with E-state index in [1.807, 2.05) is 37.3 Å². The molecule has 0 bridgehead atoms. The molecule has 1 aromatic heterocycles. The summed E-state index contributed by atoms with van der Waals surface area (Å²) in [6, 6.07) is 10.9. The molecule has 0 atom stereocenters. The molecule has 7 heteroatoms. The van der Waals surface area contributed by atoms with Crippen LogP contribution in [-0.2, 0) is 0 Å². The summed E-state index contributed by atoms with van der Waals surface area (Å²) in [4.78, 5) is 16.5. The molecule has 0 spiro atoms. The lowest BCUT2D eigenvalue weighted by Gasteiger charge is -2.05. The number of rotatable bonds is 4. The van der Waals surface area contributed by atoms with E-state index >= 15 is 0 Å². The number of urea groups is 1. The average Bonchev–Trinajstić information content (AvgIpc) is 2.94. The molecule has 24 heavy (non-hydrogen) atoms. The number of methoxy groups -OCH3 is 2. The molecule has 0 fully saturated rings. The molecule has 2 aromatic carbocycles. The predicted molar refractivity (Wildman–Crippen MR) is 96.5 cm³/mol. The normalized spacial score (nSPS) is 10.5. The topological polar surface area (TPSA) is 72.5 Å². The number of ether oxygens (including phenoxy) is 2. The number of thiazole rings is 1. The summed E-state index contributed by atoms with van der Waals surface area (Å²) in [5.41, 5.74) is 2.55. The standard InChI is InChI=1S/C17H17N3O3S/c1-10-5-4-6-11(7-10)18-16(21)20-17-19-12-8-13(22-2)14(23-3)9-15(12)24-17/h4-9H,1-3H3,(H2,18,19,20,21). The zero-order valence-corrected chi connectivity index (χ0v) is 14.4. The fourth-order valence-electron chi connectivity index (χ4n) is 2.29. The fraction of sp³-hybridized carbons (Fsp3) is 0.176. The lowest BCUT2D eigenvalue weighted by molar-refractivity contribution is 0.262. The van der Waals surface area contributed by atoms with E-state index in [1.54, 1.807) is 20.3 Å². The minimum atomic E-state index is -0.335. The van der Waals surface area contributed by atoms with Crippen LogP contribution in [0.5, 0.6) is 11.5 Å². The van der Waals surface area contributed by atoms with E-state index < -0.39 is 0 Å². The first-order valence-electron chi connectivity index (χ1n) is 7.26. The summed E-state index contributed by atoms with van der Waals surface area (Å²) in [6.45, 7) is 1.97. The molecule has 6 nitrogen and oxygen atoms in total. The lowest BCUT2D eigenvalue weighted by atomic mass is 10.2. The fourth-order valence-corrected chi connectivity index (χ4v) is 3.16. The molecule has 3 rings (SSSR count). The largest absolute Gasteiger partial charge is 0.493 e. The Labute approximate surface area is 143 Å². The Bertz CT molecular complexity index is 851. The highest BCUT2D eigenvalue weighted by Gasteiger charge is 2.12. The van der Waals surface area contributed by atoms with E-state index in [0.717, 1.165) is 21.5 Å². The van der Waals surface area contributed by atoms with Gasteiger partial charge in [0, 0.05) is 17.8 Å². The van der Waals surface area contributed by atoms with E-state index in [0.29, 0.717) is 16.6 Å². The number of fused-ring (bicyclic) bond motifs is 1. The zero-order valence-electron chi connectivity index (χ0n) is 13.5. The monoisotopic (exact) mass is 343 g/mol. The molecule has 0 aliphatic heterocycles. The molecule has 2 amide bonds. The van der Waals surface area contributed by atoms with Gasteiger partial charge in [-0.2, -0.15) is 0 Å². The van der Waals surface area contributed by atoms with Crippen molar-refractivity contribution >= 4 is 38.4 Å². The lowest BCUT2D eigenvalue weighted by Crippen LogP contribution is -2.19. The van der Waals surface area contributed by atoms with Crippen LogP contribution in [0.3, 0.4) is 0 Å². The molecule has 0 saturated carbocycles. The van der Waals surface area contributed by atoms with Crippen molar-refractivity contribution in [3.05, 3.63) is 42.0 Å². The van der Waals surface area contributed by atoms with Gasteiger partial charge in [0.15, 0.2) is 16.6 Å². The van der Waals surface area contributed by atoms with Gasteiger partial charge in [-0.15, -0.1) is 0 Å². The third-order valence-electron chi connectivity index (χ3n) is 3.39. The molecule has 0 radical (unpaired) electrons. The maximum atomic E-state index is 12.1. The summed E-state index contributed by atoms with van der Waals surface area (Å²) in [5, 5.41) is 6.04. The second-order valence-electron chi connectivity index (χ2n) is 5.14. The van der Waals surface area contributed by atoms with Crippen molar-refractivity contribution in [3.63, 3.8) is 0 Å². The molecule has 0 aliphatic carbocycles. The molecule has 0 aliphatic rings. The van der Waals surface area contributed by atoms with Crippen molar-refractivity contribution in [2.24, 2.45) is 0 Å². The first kappa shape index (κ1) is 16.1. The summed E-state index contributed by atoms with van der Waals surface area (Å²) in [7, 11) is 3.16. The molecular formula is C17H17N3O3S. The quantitative estimate of drug-likeness (QED) is 0.742. The SMILES string of the molecule is COc1cc2nc(NC(=O)Nc3cccc(C)c3)sc2cc1OC. The number of hydrogen-bond acceptors (Lipinski definition) is 5. The van der Waals surface area contributed by atoms with Crippen LogP contribution >= 0.6 is 11.3 Å². The molecule has 0 saturated heterocycles. The predicted octanol–water partition coefficient (Wildman–Crippen LogP) is 4.27. The number of nitrogens with zero attached hydrogens (tertiary/aromatic N) is 1. The van der Waals surface area contributed by atoms with Gasteiger partial charge in [-0.05, 0) is 24.6 Å². The number of hydrogen-bond donors (Lipinski definition) is 2. The van der Waals surface area contributed by atoms with Crippen molar-refractivity contribution in [1.29, 1.82) is 0 Å². The zero-order chi connectivity index (χ0) is 17.1. The Hall–Kier alpha value is -2.80. The van der Waals surface area contributed by atoms with Crippen LogP contribution in [0.25, 0.3) is 10.2 Å². The molecule has 124 valence electrons. The highest BCUT2D eigenvalue weighted by atomic mass is 32.1. The number of carbonyl (C=O) groups excluding carboxylic acids is 1. The van der Waals surface area contributed by atoms with Gasteiger partial charge in [0.25, 0.3) is 0 Å². The summed E-state index contributed by atoms with van der Waals surface area (Å²) in [6.07, 6.45) is 0. The van der Waals surface area contributed by atoms with Crippen LogP contribution in [0, 0.1) is 6.92 Å². The van der Waals surface area contributed by atoms with Gasteiger partial charge in [0.2, 0.25) is 0 Å². The Kier molecular flexibility index (Phi) is 4.52. The minimum Gasteiger partial charge on any atom is -0.493 e. The van der Waals surface area contributed by atoms with Crippen LogP contribution in [0.1, 0.15) is 5.56 Å². The summed E-state index contributed by atoms with van der Waals surface area (Å²) in [5.74, 6) is 1.23. The Morgan fingerprint density at radius 1 is 1.08 bits per heavy atom. The van der Waals surface area contributed by atoms with Crippen LogP contribution in [-0.4, -0.2) is 25.2 Å². The van der Waals surface area contributed by atoms with Crippen molar-refractivity contribution in [1.82, 2.24) is 4.98 Å². The second kappa shape index (κ2) is 6.76. The van der Waals surface area contributed by atoms with Gasteiger partial charge in [0.05, 0.1) is 24.4 Å². The molecule has 1 heterocycles. The number of aryl methyl sites for hydroxylation is 1. The second-order valence-corrected chi connectivity index (χ2v) is 6.17. The number of carbonyl (C=O) groups is 1. The van der Waals surface area contributed by atoms with Crippen molar-refractivity contribution < 1.29 is 14.3 Å². The molecule has 0 unspecified atom stereocenters. The maximum Gasteiger partial charge on any atom is 0.325 e. The van der Waals surface area contributed by atoms with Crippen molar-refractivity contribution in [3.8, 4) is 11.5 Å². The van der Waals surface area contributed by atoms with Gasteiger partial charge >= 0.3 is 6.03 Å². The van der Waals surface area contributed by atoms with E-state index in [1.165, 1.54) is 11.3 Å². The van der Waals surface area contributed by atoms with E-state index in [4.69, 9.17) is 9.47 Å². The minimum absolute atomic E-state index is 0.335. The highest BCUT2D eigenvalue weighted by Crippen LogP contribution is 2.36. The number of benzene rings is 2. The van der Waals surface area contributed by atoms with Gasteiger partial charge in [-0.1, -0.05) is 23.5 Å². The van der Waals surface area contributed by atoms with Crippen LogP contribution in [0.2, 0.25) is 0 Å². The van der Waals surface area contributed by atoms with Gasteiger partial charge in [-0.3, -0.25) is 5.32 Å². The Morgan fingerprint density at radius 2 is 1.83 bits per heavy atom. The first-order chi connectivity index (χ1) is 11.6. The number of nitrogens with one attached hydrogen (secondary N) is 2. The average molecular weight is 343 g/mol. The summed E-state index contributed by atoms with van der Waals surface area (Å²) >= 11 is 1.37. The van der Waals surface area contributed by atoms with Gasteiger partial charge in [0.1, 0.15) is 0 Å². The molecule has 2 N–H and O–H groups in total. The number of aromatic nitrogens is 1. The third kappa shape index (κ3) is 3.41. The van der Waals surface area contributed by atoms with Crippen molar-refractivity contribution in [2.45, 2.75) is 6.92 Å². The smallest absolute Gasteiger partial charge is 0.325 e. The van der Waals surface area contributed by atoms with Crippen LogP contribution < -0.4 is 20.1 Å². The van der Waals surface area contributed by atoms with Gasteiger partial charge in [-0.25, -0.2) is 9.78 Å². The highest BCUT2D eigenvalue weighted by molar-refractivity contribution is 7.22.